The van der Waals surface area contributed by atoms with Gasteiger partial charge in [-0.2, -0.15) is 5.26 Å². The molecule has 0 spiro atoms. The Balaban J connectivity index is 2.06. The number of thiophene rings is 1. The zero-order chi connectivity index (χ0) is 15.5. The highest BCUT2D eigenvalue weighted by Crippen LogP contribution is 2.24. The molecule has 110 valence electrons. The second-order valence-electron chi connectivity index (χ2n) is 4.11. The Hall–Kier alpha value is -0.910. The van der Waals surface area contributed by atoms with Crippen molar-refractivity contribution in [2.45, 2.75) is 11.3 Å². The molecule has 0 atom stereocenters. The number of sulfonamides is 1. The number of benzene rings is 1. The van der Waals surface area contributed by atoms with Gasteiger partial charge in [-0.25, -0.2) is 13.1 Å². The Kier molecular flexibility index (Phi) is 5.41. The molecule has 0 bridgehead atoms. The molecule has 1 aromatic heterocycles. The first-order valence-electron chi connectivity index (χ1n) is 5.86. The van der Waals surface area contributed by atoms with Crippen LogP contribution in [0.15, 0.2) is 39.0 Å². The van der Waals surface area contributed by atoms with Gasteiger partial charge in [0.2, 0.25) is 10.0 Å². The molecular formula is C13H10BrClN2O2S2. The van der Waals surface area contributed by atoms with Crippen molar-refractivity contribution in [1.82, 2.24) is 4.72 Å². The average Bonchev–Trinajstić information content (AvgIpc) is 2.83. The van der Waals surface area contributed by atoms with Gasteiger partial charge in [0.25, 0.3) is 0 Å². The Bertz CT molecular complexity index is 797. The van der Waals surface area contributed by atoms with Crippen molar-refractivity contribution in [3.63, 3.8) is 0 Å². The summed E-state index contributed by atoms with van der Waals surface area (Å²) in [5.74, 6) is 0. The molecule has 0 aliphatic rings. The predicted molar refractivity (Wildman–Crippen MR) is 87.1 cm³/mol. The largest absolute Gasteiger partial charge is 0.242 e. The van der Waals surface area contributed by atoms with E-state index in [1.165, 1.54) is 18.2 Å². The summed E-state index contributed by atoms with van der Waals surface area (Å²) in [5, 5.41) is 8.79. The summed E-state index contributed by atoms with van der Waals surface area (Å²) in [6.07, 6.45) is 0.601. The Morgan fingerprint density at radius 3 is 2.67 bits per heavy atom. The molecule has 1 heterocycles. The van der Waals surface area contributed by atoms with Gasteiger partial charge in [0.05, 0.1) is 20.4 Å². The first-order valence-corrected chi connectivity index (χ1v) is 9.33. The molecule has 0 unspecified atom stereocenters. The minimum Gasteiger partial charge on any atom is -0.211 e. The van der Waals surface area contributed by atoms with E-state index in [0.29, 0.717) is 12.0 Å². The van der Waals surface area contributed by atoms with Crippen LogP contribution < -0.4 is 4.72 Å². The standard InChI is InChI=1S/C13H10BrClN2O2S2/c14-13-4-2-10(20-13)5-6-17-21(18,19)12-3-1-9(8-16)7-11(12)15/h1-4,7,17H,5-6H2. The molecule has 1 aromatic carbocycles. The molecule has 4 nitrogen and oxygen atoms in total. The molecule has 0 saturated carbocycles. The van der Waals surface area contributed by atoms with Crippen LogP contribution in [0.4, 0.5) is 0 Å². The van der Waals surface area contributed by atoms with Crippen molar-refractivity contribution in [3.8, 4) is 6.07 Å². The third kappa shape index (κ3) is 4.28. The van der Waals surface area contributed by atoms with Gasteiger partial charge in [0.15, 0.2) is 0 Å². The molecule has 0 aliphatic heterocycles. The van der Waals surface area contributed by atoms with Crippen LogP contribution in [0.3, 0.4) is 0 Å². The van der Waals surface area contributed by atoms with Crippen LogP contribution in [0.1, 0.15) is 10.4 Å². The van der Waals surface area contributed by atoms with Crippen LogP contribution in [-0.4, -0.2) is 15.0 Å². The SMILES string of the molecule is N#Cc1ccc(S(=O)(=O)NCCc2ccc(Br)s2)c(Cl)c1. The summed E-state index contributed by atoms with van der Waals surface area (Å²) in [6, 6.07) is 9.88. The molecule has 0 radical (unpaired) electrons. The molecule has 1 N–H and O–H groups in total. The van der Waals surface area contributed by atoms with E-state index in [1.54, 1.807) is 11.3 Å². The van der Waals surface area contributed by atoms with Crippen molar-refractivity contribution in [2.24, 2.45) is 0 Å². The van der Waals surface area contributed by atoms with Crippen LogP contribution in [0.5, 0.6) is 0 Å². The predicted octanol–water partition coefficient (Wildman–Crippen LogP) is 3.56. The molecule has 0 aliphatic carbocycles. The molecule has 21 heavy (non-hydrogen) atoms. The number of hydrogen-bond acceptors (Lipinski definition) is 4. The quantitative estimate of drug-likeness (QED) is 0.827. The fourth-order valence-corrected chi connectivity index (χ4v) is 4.72. The number of nitrogens with zero attached hydrogens (tertiary/aromatic N) is 1. The summed E-state index contributed by atoms with van der Waals surface area (Å²) >= 11 is 10.8. The van der Waals surface area contributed by atoms with E-state index < -0.39 is 10.0 Å². The lowest BCUT2D eigenvalue weighted by Gasteiger charge is -2.08. The Morgan fingerprint density at radius 1 is 1.33 bits per heavy atom. The summed E-state index contributed by atoms with van der Waals surface area (Å²) in [5.41, 5.74) is 0.322. The zero-order valence-corrected chi connectivity index (χ0v) is 14.6. The van der Waals surface area contributed by atoms with Crippen molar-refractivity contribution in [1.29, 1.82) is 5.26 Å². The topological polar surface area (TPSA) is 70.0 Å². The van der Waals surface area contributed by atoms with Crippen molar-refractivity contribution < 1.29 is 8.42 Å². The molecule has 0 saturated heterocycles. The van der Waals surface area contributed by atoms with Gasteiger partial charge in [-0.05, 0) is 52.7 Å². The van der Waals surface area contributed by atoms with Gasteiger partial charge >= 0.3 is 0 Å². The lowest BCUT2D eigenvalue weighted by Crippen LogP contribution is -2.26. The summed E-state index contributed by atoms with van der Waals surface area (Å²) in [7, 11) is -3.68. The first-order chi connectivity index (χ1) is 9.92. The van der Waals surface area contributed by atoms with Crippen LogP contribution in [0.2, 0.25) is 5.02 Å². The van der Waals surface area contributed by atoms with Crippen LogP contribution in [0.25, 0.3) is 0 Å². The highest BCUT2D eigenvalue weighted by Gasteiger charge is 2.17. The van der Waals surface area contributed by atoms with Crippen molar-refractivity contribution in [3.05, 3.63) is 49.6 Å². The van der Waals surface area contributed by atoms with E-state index in [9.17, 15) is 8.42 Å². The molecule has 8 heteroatoms. The third-order valence-electron chi connectivity index (χ3n) is 2.64. The smallest absolute Gasteiger partial charge is 0.211 e. The minimum absolute atomic E-state index is 0.0180. The number of nitrogens with one attached hydrogen (secondary N) is 1. The Labute approximate surface area is 140 Å². The van der Waals surface area contributed by atoms with Gasteiger partial charge in [-0.3, -0.25) is 0 Å². The zero-order valence-electron chi connectivity index (χ0n) is 10.6. The fraction of sp³-hybridized carbons (Fsp3) is 0.154. The van der Waals surface area contributed by atoms with Crippen molar-refractivity contribution in [2.75, 3.05) is 6.54 Å². The van der Waals surface area contributed by atoms with Gasteiger partial charge in [-0.1, -0.05) is 11.6 Å². The summed E-state index contributed by atoms with van der Waals surface area (Å²) in [4.78, 5) is 1.06. The Morgan fingerprint density at radius 2 is 2.10 bits per heavy atom. The van der Waals surface area contributed by atoms with E-state index in [4.69, 9.17) is 16.9 Å². The lowest BCUT2D eigenvalue weighted by atomic mass is 10.2. The van der Waals surface area contributed by atoms with Gasteiger partial charge in [0, 0.05) is 11.4 Å². The molecule has 2 rings (SSSR count). The molecule has 0 amide bonds. The molecule has 2 aromatic rings. The second-order valence-corrected chi connectivity index (χ2v) is 8.80. The maximum absolute atomic E-state index is 12.2. The third-order valence-corrected chi connectivity index (χ3v) is 6.27. The number of hydrogen-bond donors (Lipinski definition) is 1. The van der Waals surface area contributed by atoms with Crippen LogP contribution >= 0.6 is 38.9 Å². The first kappa shape index (κ1) is 16.5. The van der Waals surface area contributed by atoms with E-state index in [2.05, 4.69) is 20.7 Å². The maximum atomic E-state index is 12.2. The van der Waals surface area contributed by atoms with Crippen LogP contribution in [-0.2, 0) is 16.4 Å². The average molecular weight is 406 g/mol. The molecule has 0 fully saturated rings. The van der Waals surface area contributed by atoms with Gasteiger partial charge in [0.1, 0.15) is 4.90 Å². The summed E-state index contributed by atoms with van der Waals surface area (Å²) in [6.45, 7) is 0.283. The van der Waals surface area contributed by atoms with Gasteiger partial charge < -0.3 is 0 Å². The van der Waals surface area contributed by atoms with E-state index >= 15 is 0 Å². The summed E-state index contributed by atoms with van der Waals surface area (Å²) < 4.78 is 27.8. The molecular weight excluding hydrogens is 396 g/mol. The normalized spacial score (nSPS) is 11.3. The highest BCUT2D eigenvalue weighted by molar-refractivity contribution is 9.11. The maximum Gasteiger partial charge on any atom is 0.242 e. The monoisotopic (exact) mass is 404 g/mol. The van der Waals surface area contributed by atoms with Crippen molar-refractivity contribution >= 4 is 48.9 Å². The van der Waals surface area contributed by atoms with Crippen LogP contribution in [0, 0.1) is 11.3 Å². The lowest BCUT2D eigenvalue weighted by molar-refractivity contribution is 0.582. The highest BCUT2D eigenvalue weighted by atomic mass is 79.9. The second kappa shape index (κ2) is 6.90. The van der Waals surface area contributed by atoms with E-state index in [1.807, 2.05) is 18.2 Å². The number of rotatable bonds is 5. The number of halogens is 2. The van der Waals surface area contributed by atoms with E-state index in [0.717, 1.165) is 8.66 Å². The van der Waals surface area contributed by atoms with E-state index in [-0.39, 0.29) is 16.5 Å². The van der Waals surface area contributed by atoms with Gasteiger partial charge in [-0.15, -0.1) is 11.3 Å². The number of nitriles is 1. The minimum atomic E-state index is -3.68. The fourth-order valence-electron chi connectivity index (χ4n) is 1.66.